The van der Waals surface area contributed by atoms with Crippen molar-refractivity contribution >= 4 is 10.9 Å². The van der Waals surface area contributed by atoms with Gasteiger partial charge in [0.25, 0.3) is 0 Å². The molecule has 5 nitrogen and oxygen atoms in total. The van der Waals surface area contributed by atoms with E-state index in [-0.39, 0.29) is 24.0 Å². The molecule has 1 aromatic carbocycles. The number of pyridine rings is 1. The van der Waals surface area contributed by atoms with E-state index in [4.69, 9.17) is 9.15 Å². The van der Waals surface area contributed by atoms with Gasteiger partial charge in [0.15, 0.2) is 17.6 Å². The van der Waals surface area contributed by atoms with E-state index in [0.717, 1.165) is 11.2 Å². The summed E-state index contributed by atoms with van der Waals surface area (Å²) in [5.74, 6) is 1.20. The first kappa shape index (κ1) is 15.4. The zero-order valence-corrected chi connectivity index (χ0v) is 13.3. The first-order chi connectivity index (χ1) is 9.61. The van der Waals surface area contributed by atoms with E-state index >= 15 is 0 Å². The zero-order valence-electron chi connectivity index (χ0n) is 11.9. The third-order valence-corrected chi connectivity index (χ3v) is 3.51. The van der Waals surface area contributed by atoms with Crippen molar-refractivity contribution in [1.29, 1.82) is 0 Å². The van der Waals surface area contributed by atoms with Crippen LogP contribution in [0.1, 0.15) is 11.3 Å². The predicted octanol–water partition coefficient (Wildman–Crippen LogP) is 2.81. The summed E-state index contributed by atoms with van der Waals surface area (Å²) >= 11 is 0. The van der Waals surface area contributed by atoms with E-state index < -0.39 is 0 Å². The molecule has 0 unspecified atom stereocenters. The second kappa shape index (κ2) is 5.80. The molecule has 0 aliphatic rings. The molecule has 2 aromatic heterocycles. The molecule has 21 heavy (non-hydrogen) atoms. The van der Waals surface area contributed by atoms with Crippen molar-refractivity contribution in [1.82, 2.24) is 9.97 Å². The Morgan fingerprint density at radius 3 is 2.67 bits per heavy atom. The van der Waals surface area contributed by atoms with Crippen molar-refractivity contribution in [3.8, 4) is 17.1 Å². The van der Waals surface area contributed by atoms with Crippen LogP contribution in [-0.2, 0) is 18.6 Å². The van der Waals surface area contributed by atoms with Crippen molar-refractivity contribution in [2.24, 2.45) is 0 Å². The molecule has 3 aromatic rings. The van der Waals surface area contributed by atoms with Crippen molar-refractivity contribution in [3.63, 3.8) is 0 Å². The summed E-state index contributed by atoms with van der Waals surface area (Å²) < 4.78 is 10.7. The maximum absolute atomic E-state index is 12.4. The number of rotatable bonds is 2. The van der Waals surface area contributed by atoms with E-state index in [1.54, 1.807) is 25.4 Å². The Kier molecular flexibility index (Phi) is 4.25. The SMILES string of the molecule is COc1cc2[nH]c(C)c(C)c(=O)c2cc1-c1cnco1.[V]. The molecule has 0 bridgehead atoms. The second-order valence-corrected chi connectivity index (χ2v) is 4.67. The fourth-order valence-electron chi connectivity index (χ4n) is 2.25. The van der Waals surface area contributed by atoms with Crippen LogP contribution in [0, 0.1) is 13.8 Å². The Bertz CT molecular complexity index is 838. The molecule has 0 aliphatic heterocycles. The molecule has 0 atom stereocenters. The van der Waals surface area contributed by atoms with Crippen LogP contribution in [-0.4, -0.2) is 17.1 Å². The van der Waals surface area contributed by atoms with E-state index in [2.05, 4.69) is 9.97 Å². The van der Waals surface area contributed by atoms with Gasteiger partial charge in [-0.2, -0.15) is 0 Å². The number of methoxy groups -OCH3 is 1. The second-order valence-electron chi connectivity index (χ2n) is 4.67. The number of aryl methyl sites for hydroxylation is 1. The van der Waals surface area contributed by atoms with E-state index in [9.17, 15) is 4.79 Å². The largest absolute Gasteiger partial charge is 0.496 e. The molecule has 0 fully saturated rings. The first-order valence-electron chi connectivity index (χ1n) is 6.22. The molecule has 0 aliphatic carbocycles. The Morgan fingerprint density at radius 2 is 2.05 bits per heavy atom. The third-order valence-electron chi connectivity index (χ3n) is 3.51. The molecular formula is C15H14N2O3V. The van der Waals surface area contributed by atoms with Crippen LogP contribution in [0.3, 0.4) is 0 Å². The molecule has 0 spiro atoms. The predicted molar refractivity (Wildman–Crippen MR) is 76.1 cm³/mol. The average Bonchev–Trinajstić information content (AvgIpc) is 2.98. The zero-order chi connectivity index (χ0) is 14.3. The summed E-state index contributed by atoms with van der Waals surface area (Å²) in [7, 11) is 1.58. The monoisotopic (exact) mass is 321 g/mol. The minimum absolute atomic E-state index is 0. The molecular weight excluding hydrogens is 307 g/mol. The molecule has 0 saturated carbocycles. The summed E-state index contributed by atoms with van der Waals surface area (Å²) in [6.07, 6.45) is 2.95. The van der Waals surface area contributed by atoms with E-state index in [1.165, 1.54) is 6.39 Å². The van der Waals surface area contributed by atoms with Gasteiger partial charge in [-0.1, -0.05) is 0 Å². The van der Waals surface area contributed by atoms with Crippen LogP contribution in [0.4, 0.5) is 0 Å². The Hall–Kier alpha value is -1.98. The number of aromatic amines is 1. The number of benzene rings is 1. The maximum atomic E-state index is 12.4. The van der Waals surface area contributed by atoms with Gasteiger partial charge < -0.3 is 14.1 Å². The molecule has 6 heteroatoms. The number of H-pyrrole nitrogens is 1. The standard InChI is InChI=1S/C15H14N2O3.V/c1-8-9(2)17-12-5-13(19-3)11(4-10(12)15(8)18)14-6-16-7-20-14;/h4-7H,1-3H3,(H,17,18);. The maximum Gasteiger partial charge on any atom is 0.192 e. The number of ether oxygens (including phenoxy) is 1. The normalized spacial score (nSPS) is 10.4. The fourth-order valence-corrected chi connectivity index (χ4v) is 2.25. The van der Waals surface area contributed by atoms with Crippen LogP contribution in [0.5, 0.6) is 5.75 Å². The smallest absolute Gasteiger partial charge is 0.192 e. The minimum Gasteiger partial charge on any atom is -0.496 e. The van der Waals surface area contributed by atoms with Gasteiger partial charge in [0.05, 0.1) is 24.4 Å². The van der Waals surface area contributed by atoms with Crippen LogP contribution < -0.4 is 10.2 Å². The number of hydrogen-bond acceptors (Lipinski definition) is 4. The van der Waals surface area contributed by atoms with Gasteiger partial charge in [0, 0.05) is 41.3 Å². The van der Waals surface area contributed by atoms with Gasteiger partial charge >= 0.3 is 0 Å². The van der Waals surface area contributed by atoms with Gasteiger partial charge in [-0.3, -0.25) is 4.79 Å². The van der Waals surface area contributed by atoms with Gasteiger partial charge in [-0.15, -0.1) is 0 Å². The third kappa shape index (κ3) is 2.50. The van der Waals surface area contributed by atoms with Crippen molar-refractivity contribution < 1.29 is 27.7 Å². The van der Waals surface area contributed by atoms with E-state index in [1.807, 2.05) is 13.8 Å². The minimum atomic E-state index is 0. The molecule has 2 heterocycles. The molecule has 0 amide bonds. The van der Waals surface area contributed by atoms with Gasteiger partial charge in [-0.05, 0) is 19.9 Å². The number of aromatic nitrogens is 2. The van der Waals surface area contributed by atoms with Crippen molar-refractivity contribution in [2.45, 2.75) is 13.8 Å². The summed E-state index contributed by atoms with van der Waals surface area (Å²) in [4.78, 5) is 19.5. The fraction of sp³-hybridized carbons (Fsp3) is 0.200. The summed E-state index contributed by atoms with van der Waals surface area (Å²) in [5, 5.41) is 0.611. The summed E-state index contributed by atoms with van der Waals surface area (Å²) in [6, 6.07) is 3.58. The van der Waals surface area contributed by atoms with E-state index in [0.29, 0.717) is 28.0 Å². The van der Waals surface area contributed by atoms with Crippen LogP contribution in [0.25, 0.3) is 22.2 Å². The number of nitrogens with one attached hydrogen (secondary N) is 1. The Balaban J connectivity index is 0.00000161. The van der Waals surface area contributed by atoms with Crippen LogP contribution in [0.2, 0.25) is 0 Å². The summed E-state index contributed by atoms with van der Waals surface area (Å²) in [6.45, 7) is 3.69. The topological polar surface area (TPSA) is 68.1 Å². The quantitative estimate of drug-likeness (QED) is 0.788. The Labute approximate surface area is 133 Å². The molecule has 3 rings (SSSR count). The molecule has 107 valence electrons. The van der Waals surface area contributed by atoms with Crippen LogP contribution >= 0.6 is 0 Å². The number of oxazole rings is 1. The van der Waals surface area contributed by atoms with Gasteiger partial charge in [0.2, 0.25) is 0 Å². The molecule has 1 radical (unpaired) electrons. The van der Waals surface area contributed by atoms with Gasteiger partial charge in [-0.25, -0.2) is 4.98 Å². The molecule has 1 N–H and O–H groups in total. The first-order valence-corrected chi connectivity index (χ1v) is 6.22. The summed E-state index contributed by atoms with van der Waals surface area (Å²) in [5.41, 5.74) is 3.05. The number of fused-ring (bicyclic) bond motifs is 1. The van der Waals surface area contributed by atoms with Gasteiger partial charge in [0.1, 0.15) is 5.75 Å². The Morgan fingerprint density at radius 1 is 1.29 bits per heavy atom. The molecule has 0 saturated heterocycles. The average molecular weight is 321 g/mol. The van der Waals surface area contributed by atoms with Crippen molar-refractivity contribution in [3.05, 3.63) is 46.2 Å². The van der Waals surface area contributed by atoms with Crippen molar-refractivity contribution in [2.75, 3.05) is 7.11 Å². The number of nitrogens with zero attached hydrogens (tertiary/aromatic N) is 1. The number of hydrogen-bond donors (Lipinski definition) is 1. The van der Waals surface area contributed by atoms with Crippen LogP contribution in [0.15, 0.2) is 33.9 Å².